The molecule has 0 spiro atoms. The highest BCUT2D eigenvalue weighted by Gasteiger charge is 2.21. The summed E-state index contributed by atoms with van der Waals surface area (Å²) in [5, 5.41) is 0.439. The van der Waals surface area contributed by atoms with Gasteiger partial charge in [-0.1, -0.05) is 60.7 Å². The molecule has 24 heavy (non-hydrogen) atoms. The summed E-state index contributed by atoms with van der Waals surface area (Å²) in [5.41, 5.74) is 2.58. The molecule has 0 aliphatic heterocycles. The summed E-state index contributed by atoms with van der Waals surface area (Å²) >= 11 is 5.81. The van der Waals surface area contributed by atoms with Crippen LogP contribution in [0.4, 0.5) is 0 Å². The van der Waals surface area contributed by atoms with Gasteiger partial charge in [0.05, 0.1) is 5.88 Å². The molecule has 2 aromatic carbocycles. The zero-order valence-electron chi connectivity index (χ0n) is 12.6. The molecule has 0 bridgehead atoms. The number of fused-ring (bicyclic) bond motifs is 1. The maximum Gasteiger partial charge on any atom is 0.262 e. The first-order valence-corrected chi connectivity index (χ1v) is 8.04. The van der Waals surface area contributed by atoms with Crippen LogP contribution in [0.1, 0.15) is 5.82 Å². The number of halogens is 1. The first-order chi connectivity index (χ1) is 11.8. The fourth-order valence-corrected chi connectivity index (χ4v) is 2.92. The number of hydrogen-bond acceptors (Lipinski definition) is 3. The van der Waals surface area contributed by atoms with Gasteiger partial charge in [-0.2, -0.15) is 4.98 Å². The van der Waals surface area contributed by atoms with Gasteiger partial charge in [0.2, 0.25) is 5.71 Å². The van der Waals surface area contributed by atoms with Crippen molar-refractivity contribution >= 4 is 22.7 Å². The van der Waals surface area contributed by atoms with Gasteiger partial charge in [0.15, 0.2) is 0 Å². The number of aromatic amines is 1. The van der Waals surface area contributed by atoms with Crippen molar-refractivity contribution in [2.24, 2.45) is 0 Å². The van der Waals surface area contributed by atoms with E-state index in [0.29, 0.717) is 22.7 Å². The Bertz CT molecular complexity index is 1050. The number of H-pyrrole nitrogens is 1. The molecule has 2 heterocycles. The molecule has 0 saturated heterocycles. The Morgan fingerprint density at radius 1 is 0.958 bits per heavy atom. The summed E-state index contributed by atoms with van der Waals surface area (Å²) < 4.78 is 5.97. The van der Waals surface area contributed by atoms with E-state index in [9.17, 15) is 4.79 Å². The van der Waals surface area contributed by atoms with Crippen LogP contribution in [-0.2, 0) is 5.88 Å². The Hall–Kier alpha value is -2.85. The maximum atomic E-state index is 12.6. The van der Waals surface area contributed by atoms with Crippen molar-refractivity contribution in [1.29, 1.82) is 0 Å². The molecule has 4 nitrogen and oxygen atoms in total. The molecule has 4 rings (SSSR count). The summed E-state index contributed by atoms with van der Waals surface area (Å²) in [5.74, 6) is 1.14. The third-order valence-electron chi connectivity index (χ3n) is 3.84. The average molecular weight is 337 g/mol. The van der Waals surface area contributed by atoms with Crippen LogP contribution >= 0.6 is 11.6 Å². The van der Waals surface area contributed by atoms with Crippen molar-refractivity contribution in [1.82, 2.24) is 9.97 Å². The molecule has 0 unspecified atom stereocenters. The van der Waals surface area contributed by atoms with Gasteiger partial charge in [-0.15, -0.1) is 11.6 Å². The van der Waals surface area contributed by atoms with E-state index in [1.54, 1.807) is 0 Å². The zero-order valence-corrected chi connectivity index (χ0v) is 13.4. The smallest absolute Gasteiger partial charge is 0.262 e. The lowest BCUT2D eigenvalue weighted by molar-refractivity contribution is 0.616. The molecular formula is C19H13ClN2O2. The van der Waals surface area contributed by atoms with Crippen molar-refractivity contribution in [3.8, 4) is 22.5 Å². The normalized spacial score (nSPS) is 11.0. The summed E-state index contributed by atoms with van der Waals surface area (Å²) in [6.45, 7) is 0. The van der Waals surface area contributed by atoms with E-state index >= 15 is 0 Å². The van der Waals surface area contributed by atoms with Gasteiger partial charge in [0.25, 0.3) is 5.56 Å². The number of benzene rings is 2. The number of nitrogens with one attached hydrogen (secondary N) is 1. The minimum atomic E-state index is -0.250. The van der Waals surface area contributed by atoms with Crippen LogP contribution in [0.15, 0.2) is 69.9 Å². The molecular weight excluding hydrogens is 324 g/mol. The summed E-state index contributed by atoms with van der Waals surface area (Å²) in [4.78, 5) is 19.6. The van der Waals surface area contributed by atoms with Crippen LogP contribution in [0, 0.1) is 0 Å². The Labute approximate surface area is 142 Å². The van der Waals surface area contributed by atoms with E-state index < -0.39 is 0 Å². The van der Waals surface area contributed by atoms with Crippen molar-refractivity contribution in [3.05, 3.63) is 76.8 Å². The summed E-state index contributed by atoms with van der Waals surface area (Å²) in [6.07, 6.45) is 0. The topological polar surface area (TPSA) is 58.9 Å². The van der Waals surface area contributed by atoms with E-state index in [1.807, 2.05) is 60.7 Å². The minimum Gasteiger partial charge on any atom is -0.437 e. The number of nitrogens with zero attached hydrogens (tertiary/aromatic N) is 1. The van der Waals surface area contributed by atoms with Gasteiger partial charge in [-0.25, -0.2) is 0 Å². The van der Waals surface area contributed by atoms with Crippen LogP contribution in [0.3, 0.4) is 0 Å². The summed E-state index contributed by atoms with van der Waals surface area (Å²) in [6, 6.07) is 19.4. The van der Waals surface area contributed by atoms with Gasteiger partial charge in [-0.05, 0) is 5.56 Å². The fraction of sp³-hybridized carbons (Fsp3) is 0.0526. The van der Waals surface area contributed by atoms with Crippen LogP contribution in [0.2, 0.25) is 0 Å². The minimum absolute atomic E-state index is 0.118. The molecule has 0 fully saturated rings. The molecule has 1 N–H and O–H groups in total. The Kier molecular flexibility index (Phi) is 3.67. The quantitative estimate of drug-likeness (QED) is 0.557. The molecule has 0 amide bonds. The Morgan fingerprint density at radius 2 is 1.58 bits per heavy atom. The highest BCUT2D eigenvalue weighted by Crippen LogP contribution is 2.38. The van der Waals surface area contributed by atoms with Crippen LogP contribution in [-0.4, -0.2) is 9.97 Å². The molecule has 118 valence electrons. The first kappa shape index (κ1) is 14.7. The zero-order chi connectivity index (χ0) is 16.5. The van der Waals surface area contributed by atoms with Crippen molar-refractivity contribution in [2.75, 3.05) is 0 Å². The van der Waals surface area contributed by atoms with E-state index in [4.69, 9.17) is 16.0 Å². The second-order valence-corrected chi connectivity index (χ2v) is 5.63. The van der Waals surface area contributed by atoms with Gasteiger partial charge >= 0.3 is 0 Å². The van der Waals surface area contributed by atoms with Crippen molar-refractivity contribution in [3.63, 3.8) is 0 Å². The molecule has 0 radical (unpaired) electrons. The SMILES string of the molecule is O=c1[nH]c(CCl)nc2oc(-c3ccccc3)c(-c3ccccc3)c12. The van der Waals surface area contributed by atoms with Gasteiger partial charge in [0, 0.05) is 11.1 Å². The lowest BCUT2D eigenvalue weighted by atomic mass is 10.00. The Morgan fingerprint density at radius 3 is 2.21 bits per heavy atom. The molecule has 4 aromatic rings. The predicted molar refractivity (Wildman–Crippen MR) is 95.1 cm³/mol. The van der Waals surface area contributed by atoms with E-state index in [0.717, 1.165) is 16.7 Å². The van der Waals surface area contributed by atoms with Crippen molar-refractivity contribution in [2.45, 2.75) is 5.88 Å². The molecule has 0 atom stereocenters. The molecule has 5 heteroatoms. The van der Waals surface area contributed by atoms with E-state index in [2.05, 4.69) is 9.97 Å². The number of hydrogen-bond donors (Lipinski definition) is 1. The fourth-order valence-electron chi connectivity index (χ4n) is 2.79. The number of alkyl halides is 1. The standard InChI is InChI=1S/C19H13ClN2O2/c20-11-14-21-18(23)16-15(12-7-3-1-4-8-12)17(24-19(16)22-14)13-9-5-2-6-10-13/h1-10H,11H2,(H,21,22,23). The molecule has 0 aliphatic carbocycles. The third kappa shape index (κ3) is 2.41. The Balaban J connectivity index is 2.12. The highest BCUT2D eigenvalue weighted by molar-refractivity contribution is 6.16. The molecule has 0 saturated carbocycles. The van der Waals surface area contributed by atoms with Crippen LogP contribution in [0.5, 0.6) is 0 Å². The second-order valence-electron chi connectivity index (χ2n) is 5.36. The molecule has 2 aromatic heterocycles. The maximum absolute atomic E-state index is 12.6. The summed E-state index contributed by atoms with van der Waals surface area (Å²) in [7, 11) is 0. The first-order valence-electron chi connectivity index (χ1n) is 7.50. The number of furan rings is 1. The lowest BCUT2D eigenvalue weighted by Crippen LogP contribution is -2.10. The number of rotatable bonds is 3. The molecule has 0 aliphatic rings. The van der Waals surface area contributed by atoms with E-state index in [1.165, 1.54) is 0 Å². The number of aromatic nitrogens is 2. The highest BCUT2D eigenvalue weighted by atomic mass is 35.5. The lowest BCUT2D eigenvalue weighted by Gasteiger charge is -2.03. The van der Waals surface area contributed by atoms with Gasteiger partial charge in [0.1, 0.15) is 17.0 Å². The second kappa shape index (κ2) is 5.98. The van der Waals surface area contributed by atoms with E-state index in [-0.39, 0.29) is 11.4 Å². The predicted octanol–water partition coefficient (Wildman–Crippen LogP) is 4.59. The van der Waals surface area contributed by atoms with Crippen LogP contribution in [0.25, 0.3) is 33.6 Å². The van der Waals surface area contributed by atoms with Gasteiger partial charge < -0.3 is 9.40 Å². The van der Waals surface area contributed by atoms with Gasteiger partial charge in [-0.3, -0.25) is 4.79 Å². The largest absolute Gasteiger partial charge is 0.437 e. The van der Waals surface area contributed by atoms with Crippen molar-refractivity contribution < 1.29 is 4.42 Å². The third-order valence-corrected chi connectivity index (χ3v) is 4.09. The van der Waals surface area contributed by atoms with Crippen LogP contribution < -0.4 is 5.56 Å². The average Bonchev–Trinajstić information content (AvgIpc) is 3.03. The monoisotopic (exact) mass is 336 g/mol.